The van der Waals surface area contributed by atoms with E-state index in [2.05, 4.69) is 0 Å². The van der Waals surface area contributed by atoms with E-state index in [4.69, 9.17) is 5.73 Å². The predicted molar refractivity (Wildman–Crippen MR) is 86.3 cm³/mol. The summed E-state index contributed by atoms with van der Waals surface area (Å²) in [5.74, 6) is -0.935. The van der Waals surface area contributed by atoms with Crippen molar-refractivity contribution in [1.82, 2.24) is 0 Å². The molecule has 25 heavy (non-hydrogen) atoms. The zero-order valence-electron chi connectivity index (χ0n) is 13.1. The molecular weight excluding hydrogens is 357 g/mol. The van der Waals surface area contributed by atoms with Crippen LogP contribution in [0.4, 0.5) is 18.9 Å². The van der Waals surface area contributed by atoms with E-state index >= 15 is 0 Å². The fourth-order valence-corrected chi connectivity index (χ4v) is 3.54. The second-order valence-corrected chi connectivity index (χ2v) is 7.20. The van der Waals surface area contributed by atoms with Gasteiger partial charge in [-0.2, -0.15) is 13.2 Å². The molecule has 0 atom stereocenters. The van der Waals surface area contributed by atoms with Crippen LogP contribution >= 0.6 is 0 Å². The van der Waals surface area contributed by atoms with E-state index in [0.29, 0.717) is 4.31 Å². The highest BCUT2D eigenvalue weighted by atomic mass is 32.2. The molecule has 2 aromatic carbocycles. The Hall–Kier alpha value is -2.55. The number of amides is 1. The zero-order chi connectivity index (χ0) is 18.8. The molecule has 2 rings (SSSR count). The van der Waals surface area contributed by atoms with Gasteiger partial charge in [0.15, 0.2) is 0 Å². The number of aryl methyl sites for hydroxylation is 1. The minimum absolute atomic E-state index is 0.0904. The van der Waals surface area contributed by atoms with Crippen LogP contribution < -0.4 is 10.0 Å². The molecule has 5 nitrogen and oxygen atoms in total. The summed E-state index contributed by atoms with van der Waals surface area (Å²) in [7, 11) is -4.16. The number of nitrogens with zero attached hydrogens (tertiary/aromatic N) is 1. The van der Waals surface area contributed by atoms with Crippen molar-refractivity contribution in [2.24, 2.45) is 5.73 Å². The first kappa shape index (κ1) is 18.8. The molecule has 0 heterocycles. The van der Waals surface area contributed by atoms with Crippen LogP contribution in [0.1, 0.15) is 11.1 Å². The molecule has 134 valence electrons. The molecule has 0 bridgehead atoms. The van der Waals surface area contributed by atoms with Gasteiger partial charge < -0.3 is 5.73 Å². The Balaban J connectivity index is 2.49. The topological polar surface area (TPSA) is 80.5 Å². The minimum Gasteiger partial charge on any atom is -0.368 e. The van der Waals surface area contributed by atoms with E-state index in [1.165, 1.54) is 12.1 Å². The smallest absolute Gasteiger partial charge is 0.368 e. The molecule has 0 aliphatic rings. The third kappa shape index (κ3) is 4.30. The fourth-order valence-electron chi connectivity index (χ4n) is 2.11. The van der Waals surface area contributed by atoms with E-state index in [1.807, 2.05) is 0 Å². The van der Waals surface area contributed by atoms with Crippen LogP contribution in [0.2, 0.25) is 0 Å². The van der Waals surface area contributed by atoms with Crippen molar-refractivity contribution in [3.63, 3.8) is 0 Å². The maximum absolute atomic E-state index is 12.8. The predicted octanol–water partition coefficient (Wildman–Crippen LogP) is 2.69. The normalized spacial score (nSPS) is 12.0. The number of carbonyl (C=O) groups is 1. The summed E-state index contributed by atoms with van der Waals surface area (Å²) in [6.45, 7) is 1.08. The number of rotatable bonds is 5. The third-order valence-corrected chi connectivity index (χ3v) is 5.18. The average Bonchev–Trinajstić information content (AvgIpc) is 2.52. The SMILES string of the molecule is Cc1ccc(S(=O)(=O)N(CC(N)=O)c2ccc(C(F)(F)F)cc2)cc1. The van der Waals surface area contributed by atoms with Crippen molar-refractivity contribution in [1.29, 1.82) is 0 Å². The van der Waals surface area contributed by atoms with Gasteiger partial charge in [-0.3, -0.25) is 9.10 Å². The number of hydrogen-bond acceptors (Lipinski definition) is 3. The largest absolute Gasteiger partial charge is 0.416 e. The van der Waals surface area contributed by atoms with Gasteiger partial charge >= 0.3 is 6.18 Å². The molecule has 2 aromatic rings. The highest BCUT2D eigenvalue weighted by Gasteiger charge is 2.31. The van der Waals surface area contributed by atoms with Gasteiger partial charge in [-0.05, 0) is 43.3 Å². The Morgan fingerprint density at radius 2 is 1.56 bits per heavy atom. The number of carbonyl (C=O) groups excluding carboxylic acids is 1. The fraction of sp³-hybridized carbons (Fsp3) is 0.188. The van der Waals surface area contributed by atoms with Crippen LogP contribution in [0.25, 0.3) is 0 Å². The first-order valence-corrected chi connectivity index (χ1v) is 8.51. The summed E-state index contributed by atoms with van der Waals surface area (Å²) in [6, 6.07) is 9.30. The second kappa shape index (κ2) is 6.75. The van der Waals surface area contributed by atoms with E-state index in [0.717, 1.165) is 29.8 Å². The number of halogens is 3. The van der Waals surface area contributed by atoms with Crippen LogP contribution in [0, 0.1) is 6.92 Å². The molecule has 2 N–H and O–H groups in total. The lowest BCUT2D eigenvalue weighted by Crippen LogP contribution is -2.38. The number of alkyl halides is 3. The number of anilines is 1. The molecule has 0 aliphatic heterocycles. The summed E-state index contributed by atoms with van der Waals surface area (Å²) >= 11 is 0. The Kier molecular flexibility index (Phi) is 5.07. The Morgan fingerprint density at radius 3 is 2.00 bits per heavy atom. The molecule has 0 aliphatic carbocycles. The first-order valence-electron chi connectivity index (χ1n) is 7.07. The van der Waals surface area contributed by atoms with Gasteiger partial charge in [0.05, 0.1) is 16.1 Å². The quantitative estimate of drug-likeness (QED) is 0.876. The second-order valence-electron chi connectivity index (χ2n) is 5.34. The lowest BCUT2D eigenvalue weighted by molar-refractivity contribution is -0.137. The van der Waals surface area contributed by atoms with Gasteiger partial charge in [0.2, 0.25) is 5.91 Å². The summed E-state index contributed by atoms with van der Waals surface area (Å²) in [6.07, 6.45) is -4.55. The number of hydrogen-bond donors (Lipinski definition) is 1. The number of primary amides is 1. The Morgan fingerprint density at radius 1 is 1.04 bits per heavy atom. The van der Waals surface area contributed by atoms with Crippen molar-refractivity contribution >= 4 is 21.6 Å². The van der Waals surface area contributed by atoms with Crippen LogP contribution in [-0.2, 0) is 21.0 Å². The average molecular weight is 372 g/mol. The lowest BCUT2D eigenvalue weighted by atomic mass is 10.2. The van der Waals surface area contributed by atoms with Crippen molar-refractivity contribution in [2.75, 3.05) is 10.8 Å². The standard InChI is InChI=1S/C16H15F3N2O3S/c1-11-2-8-14(9-3-11)25(23,24)21(10-15(20)22)13-6-4-12(5-7-13)16(17,18)19/h2-9H,10H2,1H3,(H2,20,22). The Bertz CT molecular complexity index is 861. The molecule has 0 saturated heterocycles. The molecule has 0 spiro atoms. The van der Waals surface area contributed by atoms with Crippen molar-refractivity contribution in [3.05, 3.63) is 59.7 Å². The highest BCUT2D eigenvalue weighted by Crippen LogP contribution is 2.31. The van der Waals surface area contributed by atoms with Crippen molar-refractivity contribution in [3.8, 4) is 0 Å². The van der Waals surface area contributed by atoms with E-state index in [1.54, 1.807) is 19.1 Å². The molecule has 9 heteroatoms. The summed E-state index contributed by atoms with van der Waals surface area (Å²) in [4.78, 5) is 11.2. The van der Waals surface area contributed by atoms with Crippen molar-refractivity contribution in [2.45, 2.75) is 18.0 Å². The molecule has 0 unspecified atom stereocenters. The maximum atomic E-state index is 12.8. The number of sulfonamides is 1. The van der Waals surface area contributed by atoms with Crippen molar-refractivity contribution < 1.29 is 26.4 Å². The van der Waals surface area contributed by atoms with Gasteiger partial charge in [-0.15, -0.1) is 0 Å². The van der Waals surface area contributed by atoms with Crippen LogP contribution in [-0.4, -0.2) is 20.9 Å². The van der Waals surface area contributed by atoms with Crippen LogP contribution in [0.3, 0.4) is 0 Å². The molecule has 1 amide bonds. The number of nitrogens with two attached hydrogens (primary N) is 1. The van der Waals surface area contributed by atoms with Gasteiger partial charge in [0.25, 0.3) is 10.0 Å². The lowest BCUT2D eigenvalue weighted by Gasteiger charge is -2.23. The summed E-state index contributed by atoms with van der Waals surface area (Å²) < 4.78 is 64.2. The van der Waals surface area contributed by atoms with Gasteiger partial charge in [0.1, 0.15) is 6.54 Å². The van der Waals surface area contributed by atoms with Crippen LogP contribution in [0.5, 0.6) is 0 Å². The van der Waals surface area contributed by atoms with E-state index in [-0.39, 0.29) is 10.6 Å². The molecule has 0 fully saturated rings. The maximum Gasteiger partial charge on any atom is 0.416 e. The van der Waals surface area contributed by atoms with Gasteiger partial charge in [-0.25, -0.2) is 8.42 Å². The molecule has 0 aromatic heterocycles. The molecule has 0 saturated carbocycles. The van der Waals surface area contributed by atoms with Gasteiger partial charge in [-0.1, -0.05) is 17.7 Å². The highest BCUT2D eigenvalue weighted by molar-refractivity contribution is 7.92. The van der Waals surface area contributed by atoms with Crippen LogP contribution in [0.15, 0.2) is 53.4 Å². The van der Waals surface area contributed by atoms with E-state index in [9.17, 15) is 26.4 Å². The zero-order valence-corrected chi connectivity index (χ0v) is 13.9. The van der Waals surface area contributed by atoms with E-state index < -0.39 is 34.2 Å². The van der Waals surface area contributed by atoms with Gasteiger partial charge in [0, 0.05) is 0 Å². The molecule has 0 radical (unpaired) electrons. The third-order valence-electron chi connectivity index (χ3n) is 3.39. The molecular formula is C16H15F3N2O3S. The minimum atomic E-state index is -4.55. The first-order chi connectivity index (χ1) is 11.5. The Labute approximate surface area is 142 Å². The summed E-state index contributed by atoms with van der Waals surface area (Å²) in [5, 5.41) is 0. The summed E-state index contributed by atoms with van der Waals surface area (Å²) in [5.41, 5.74) is 4.91. The number of benzene rings is 2. The monoisotopic (exact) mass is 372 g/mol.